The van der Waals surface area contributed by atoms with Crippen molar-refractivity contribution in [1.82, 2.24) is 0 Å². The number of fused-ring (bicyclic) bond motifs is 1. The van der Waals surface area contributed by atoms with Gasteiger partial charge in [0.25, 0.3) is 0 Å². The first-order chi connectivity index (χ1) is 9.74. The number of aryl methyl sites for hydroxylation is 2. The molecule has 1 atom stereocenters. The van der Waals surface area contributed by atoms with Gasteiger partial charge in [-0.1, -0.05) is 48.4 Å². The van der Waals surface area contributed by atoms with E-state index in [0.29, 0.717) is 6.04 Å². The van der Waals surface area contributed by atoms with Crippen LogP contribution in [0.4, 0.5) is 5.69 Å². The van der Waals surface area contributed by atoms with Gasteiger partial charge in [0.1, 0.15) is 0 Å². The van der Waals surface area contributed by atoms with Gasteiger partial charge in [0, 0.05) is 10.7 Å². The maximum absolute atomic E-state index is 6.13. The van der Waals surface area contributed by atoms with Crippen molar-refractivity contribution in [3.8, 4) is 0 Å². The Kier molecular flexibility index (Phi) is 3.98. The number of rotatable bonds is 2. The smallest absolute Gasteiger partial charge is 0.0516 e. The summed E-state index contributed by atoms with van der Waals surface area (Å²) >= 11 is 6.13. The molecule has 0 bridgehead atoms. The highest BCUT2D eigenvalue weighted by Gasteiger charge is 2.18. The minimum Gasteiger partial charge on any atom is -0.378 e. The van der Waals surface area contributed by atoms with E-state index in [-0.39, 0.29) is 0 Å². The van der Waals surface area contributed by atoms with Gasteiger partial charge in [0.05, 0.1) is 6.04 Å². The SMILES string of the molecule is Cc1ccc(Cl)cc1NC1CCCCc2ccccc21. The summed E-state index contributed by atoms with van der Waals surface area (Å²) < 4.78 is 0. The predicted molar refractivity (Wildman–Crippen MR) is 86.5 cm³/mol. The topological polar surface area (TPSA) is 12.0 Å². The molecule has 1 aliphatic rings. The minimum absolute atomic E-state index is 0.394. The Morgan fingerprint density at radius 3 is 2.85 bits per heavy atom. The van der Waals surface area contributed by atoms with Crippen LogP contribution in [0.1, 0.15) is 42.0 Å². The molecule has 2 aromatic carbocycles. The third-order valence-corrected chi connectivity index (χ3v) is 4.38. The fraction of sp³-hybridized carbons (Fsp3) is 0.333. The van der Waals surface area contributed by atoms with Crippen molar-refractivity contribution < 1.29 is 0 Å². The normalized spacial score (nSPS) is 18.2. The van der Waals surface area contributed by atoms with Crippen LogP contribution >= 0.6 is 11.6 Å². The van der Waals surface area contributed by atoms with Crippen molar-refractivity contribution in [1.29, 1.82) is 0 Å². The molecule has 0 heterocycles. The van der Waals surface area contributed by atoms with Crippen molar-refractivity contribution in [2.75, 3.05) is 5.32 Å². The highest BCUT2D eigenvalue weighted by Crippen LogP contribution is 2.33. The molecule has 1 N–H and O–H groups in total. The van der Waals surface area contributed by atoms with E-state index < -0.39 is 0 Å². The molecule has 0 spiro atoms. The zero-order chi connectivity index (χ0) is 13.9. The molecule has 0 aromatic heterocycles. The highest BCUT2D eigenvalue weighted by molar-refractivity contribution is 6.30. The van der Waals surface area contributed by atoms with E-state index in [4.69, 9.17) is 11.6 Å². The molecule has 0 saturated carbocycles. The number of halogens is 1. The van der Waals surface area contributed by atoms with E-state index in [2.05, 4.69) is 42.6 Å². The first-order valence-electron chi connectivity index (χ1n) is 7.34. The van der Waals surface area contributed by atoms with Gasteiger partial charge >= 0.3 is 0 Å². The molecule has 1 unspecified atom stereocenters. The van der Waals surface area contributed by atoms with Crippen molar-refractivity contribution in [2.45, 2.75) is 38.6 Å². The standard InChI is InChI=1S/C18H20ClN/c1-13-10-11-15(19)12-18(13)20-17-9-5-3-7-14-6-2-4-8-16(14)17/h2,4,6,8,10-12,17,20H,3,5,7,9H2,1H3. The molecule has 0 fully saturated rings. The lowest BCUT2D eigenvalue weighted by Crippen LogP contribution is -2.12. The van der Waals surface area contributed by atoms with Gasteiger partial charge < -0.3 is 5.32 Å². The maximum Gasteiger partial charge on any atom is 0.0516 e. The third-order valence-electron chi connectivity index (χ3n) is 4.15. The second kappa shape index (κ2) is 5.88. The number of hydrogen-bond acceptors (Lipinski definition) is 1. The van der Waals surface area contributed by atoms with Crippen LogP contribution in [-0.2, 0) is 6.42 Å². The van der Waals surface area contributed by atoms with Crippen LogP contribution in [0.2, 0.25) is 5.02 Å². The number of nitrogens with one attached hydrogen (secondary N) is 1. The molecule has 2 aromatic rings. The summed E-state index contributed by atoms with van der Waals surface area (Å²) in [6.07, 6.45) is 4.93. The van der Waals surface area contributed by atoms with E-state index >= 15 is 0 Å². The molecular weight excluding hydrogens is 266 g/mol. The third kappa shape index (κ3) is 2.83. The predicted octanol–water partition coefficient (Wildman–Crippen LogP) is 5.53. The van der Waals surface area contributed by atoms with E-state index in [1.807, 2.05) is 12.1 Å². The summed E-state index contributed by atoms with van der Waals surface area (Å²) in [4.78, 5) is 0. The number of benzene rings is 2. The number of hydrogen-bond donors (Lipinski definition) is 1. The highest BCUT2D eigenvalue weighted by atomic mass is 35.5. The summed E-state index contributed by atoms with van der Waals surface area (Å²) in [5.41, 5.74) is 5.34. The van der Waals surface area contributed by atoms with Crippen molar-refractivity contribution in [2.24, 2.45) is 0 Å². The van der Waals surface area contributed by atoms with Gasteiger partial charge in [-0.2, -0.15) is 0 Å². The quantitative estimate of drug-likeness (QED) is 0.716. The lowest BCUT2D eigenvalue weighted by atomic mass is 9.98. The van der Waals surface area contributed by atoms with Crippen LogP contribution in [-0.4, -0.2) is 0 Å². The molecule has 104 valence electrons. The second-order valence-electron chi connectivity index (χ2n) is 5.60. The fourth-order valence-corrected chi connectivity index (χ4v) is 3.18. The molecule has 0 radical (unpaired) electrons. The lowest BCUT2D eigenvalue weighted by molar-refractivity contribution is 0.644. The van der Waals surface area contributed by atoms with Gasteiger partial charge in [-0.15, -0.1) is 0 Å². The van der Waals surface area contributed by atoms with Crippen LogP contribution in [0.15, 0.2) is 42.5 Å². The lowest BCUT2D eigenvalue weighted by Gasteiger charge is -2.22. The molecule has 0 amide bonds. The van der Waals surface area contributed by atoms with Crippen LogP contribution in [0, 0.1) is 6.92 Å². The van der Waals surface area contributed by atoms with Gasteiger partial charge in [0.15, 0.2) is 0 Å². The van der Waals surface area contributed by atoms with E-state index in [0.717, 1.165) is 10.7 Å². The average molecular weight is 286 g/mol. The monoisotopic (exact) mass is 285 g/mol. The Morgan fingerprint density at radius 2 is 1.95 bits per heavy atom. The first-order valence-corrected chi connectivity index (χ1v) is 7.72. The van der Waals surface area contributed by atoms with Crippen molar-refractivity contribution >= 4 is 17.3 Å². The van der Waals surface area contributed by atoms with Gasteiger partial charge in [-0.3, -0.25) is 0 Å². The minimum atomic E-state index is 0.394. The van der Waals surface area contributed by atoms with Crippen LogP contribution in [0.25, 0.3) is 0 Å². The van der Waals surface area contributed by atoms with Gasteiger partial charge in [0.2, 0.25) is 0 Å². The summed E-state index contributed by atoms with van der Waals surface area (Å²) in [5, 5.41) is 4.49. The van der Waals surface area contributed by atoms with Crippen LogP contribution < -0.4 is 5.32 Å². The van der Waals surface area contributed by atoms with E-state index in [1.165, 1.54) is 42.4 Å². The van der Waals surface area contributed by atoms with Crippen molar-refractivity contribution in [3.63, 3.8) is 0 Å². The first kappa shape index (κ1) is 13.5. The zero-order valence-corrected chi connectivity index (χ0v) is 12.6. The summed E-state index contributed by atoms with van der Waals surface area (Å²) in [6.45, 7) is 2.13. The largest absolute Gasteiger partial charge is 0.378 e. The molecular formula is C18H20ClN. The Morgan fingerprint density at radius 1 is 1.10 bits per heavy atom. The van der Waals surface area contributed by atoms with Crippen LogP contribution in [0.3, 0.4) is 0 Å². The molecule has 1 nitrogen and oxygen atoms in total. The maximum atomic E-state index is 6.13. The molecule has 2 heteroatoms. The van der Waals surface area contributed by atoms with Crippen molar-refractivity contribution in [3.05, 3.63) is 64.2 Å². The van der Waals surface area contributed by atoms with E-state index in [1.54, 1.807) is 0 Å². The summed E-state index contributed by atoms with van der Waals surface area (Å²) in [5.74, 6) is 0. The molecule has 20 heavy (non-hydrogen) atoms. The van der Waals surface area contributed by atoms with Gasteiger partial charge in [-0.25, -0.2) is 0 Å². The van der Waals surface area contributed by atoms with E-state index in [9.17, 15) is 0 Å². The second-order valence-corrected chi connectivity index (χ2v) is 6.04. The number of anilines is 1. The summed E-state index contributed by atoms with van der Waals surface area (Å²) in [6, 6.07) is 15.3. The molecule has 0 aliphatic heterocycles. The molecule has 3 rings (SSSR count). The fourth-order valence-electron chi connectivity index (χ4n) is 3.01. The molecule has 1 aliphatic carbocycles. The Labute approximate surface area is 126 Å². The Balaban J connectivity index is 1.92. The average Bonchev–Trinajstić information content (AvgIpc) is 2.66. The Bertz CT molecular complexity index is 606. The summed E-state index contributed by atoms with van der Waals surface area (Å²) in [7, 11) is 0. The Hall–Kier alpha value is -1.47. The van der Waals surface area contributed by atoms with Gasteiger partial charge in [-0.05, 0) is 55.0 Å². The zero-order valence-electron chi connectivity index (χ0n) is 11.8. The van der Waals surface area contributed by atoms with Crippen LogP contribution in [0.5, 0.6) is 0 Å². The molecule has 0 saturated heterocycles.